The van der Waals surface area contributed by atoms with Crippen molar-refractivity contribution < 1.29 is 13.1 Å². The number of para-hydroxylation sites is 1. The highest BCUT2D eigenvalue weighted by Crippen LogP contribution is 2.11. The lowest BCUT2D eigenvalue weighted by molar-refractivity contribution is 0.334. The van der Waals surface area contributed by atoms with E-state index < -0.39 is 7.32 Å². The predicted octanol–water partition coefficient (Wildman–Crippen LogP) is 2.39. The van der Waals surface area contributed by atoms with Gasteiger partial charge in [0.25, 0.3) is 0 Å². The Morgan fingerprint density at radius 1 is 1.00 bits per heavy atom. The van der Waals surface area contributed by atoms with Gasteiger partial charge in [0.2, 0.25) is 0 Å². The highest BCUT2D eigenvalue weighted by molar-refractivity contribution is 6.49. The average molecular weight is 207 g/mol. The van der Waals surface area contributed by atoms with E-state index in [0.29, 0.717) is 5.75 Å². The van der Waals surface area contributed by atoms with E-state index in [2.05, 4.69) is 8.41 Å². The molecule has 0 bridgehead atoms. The van der Waals surface area contributed by atoms with Crippen LogP contribution in [0.5, 0.6) is 5.75 Å². The maximum atomic E-state index is 5.00. The van der Waals surface area contributed by atoms with Crippen molar-refractivity contribution in [2.24, 2.45) is 0 Å². The average Bonchev–Trinajstić information content (AvgIpc) is 2.16. The van der Waals surface area contributed by atoms with E-state index in [1.54, 1.807) is 24.3 Å². The summed E-state index contributed by atoms with van der Waals surface area (Å²) in [4.78, 5) is 0. The van der Waals surface area contributed by atoms with E-state index in [0.717, 1.165) is 0 Å². The summed E-state index contributed by atoms with van der Waals surface area (Å²) in [6.07, 6.45) is 0. The molecule has 0 aliphatic heterocycles. The molecule has 0 saturated carbocycles. The van der Waals surface area contributed by atoms with E-state index >= 15 is 0 Å². The van der Waals surface area contributed by atoms with Gasteiger partial charge in [0.1, 0.15) is 5.75 Å². The van der Waals surface area contributed by atoms with Crippen LogP contribution in [0, 0.1) is 0 Å². The van der Waals surface area contributed by atoms with Gasteiger partial charge in [0.15, 0.2) is 0 Å². The highest BCUT2D eigenvalue weighted by Gasteiger charge is 2.23. The van der Waals surface area contributed by atoms with E-state index in [1.165, 1.54) is 0 Å². The zero-order valence-electron chi connectivity index (χ0n) is 5.94. The molecule has 0 aliphatic carbocycles. The fourth-order valence-electron chi connectivity index (χ4n) is 0.660. The van der Waals surface area contributed by atoms with E-state index in [-0.39, 0.29) is 0 Å². The zero-order chi connectivity index (χ0) is 8.81. The molecule has 0 heterocycles. The molecular formula is C6H5BCl2O3. The molecule has 0 aliphatic rings. The largest absolute Gasteiger partial charge is 0.747 e. The monoisotopic (exact) mass is 206 g/mol. The third-order valence-corrected chi connectivity index (χ3v) is 1.41. The Morgan fingerprint density at radius 3 is 2.08 bits per heavy atom. The quantitative estimate of drug-likeness (QED) is 0.709. The second-order valence-electron chi connectivity index (χ2n) is 1.90. The third kappa shape index (κ3) is 2.91. The Labute approximate surface area is 80.7 Å². The first-order valence-electron chi connectivity index (χ1n) is 3.13. The first kappa shape index (κ1) is 9.67. The number of hydrogen-bond acceptors (Lipinski definition) is 3. The highest BCUT2D eigenvalue weighted by atomic mass is 35.5. The molecule has 0 amide bonds. The lowest BCUT2D eigenvalue weighted by Crippen LogP contribution is -2.23. The Balaban J connectivity index is 2.51. The van der Waals surface area contributed by atoms with Crippen LogP contribution in [0.2, 0.25) is 0 Å². The molecule has 0 fully saturated rings. The summed E-state index contributed by atoms with van der Waals surface area (Å²) in [5.41, 5.74) is 0. The maximum Gasteiger partial charge on any atom is 0.747 e. The lowest BCUT2D eigenvalue weighted by Gasteiger charge is -2.06. The van der Waals surface area contributed by atoms with Gasteiger partial charge in [-0.2, -0.15) is 0 Å². The summed E-state index contributed by atoms with van der Waals surface area (Å²) in [5.74, 6) is 0.559. The summed E-state index contributed by atoms with van der Waals surface area (Å²) in [6.45, 7) is 0. The zero-order valence-corrected chi connectivity index (χ0v) is 7.46. The molecule has 0 atom stereocenters. The van der Waals surface area contributed by atoms with Gasteiger partial charge in [-0.3, -0.25) is 8.41 Å². The Morgan fingerprint density at radius 2 is 1.58 bits per heavy atom. The number of halogens is 2. The van der Waals surface area contributed by atoms with Gasteiger partial charge in [-0.15, -0.1) is 0 Å². The van der Waals surface area contributed by atoms with Crippen molar-refractivity contribution in [1.29, 1.82) is 0 Å². The first-order valence-corrected chi connectivity index (χ1v) is 3.75. The van der Waals surface area contributed by atoms with Crippen molar-refractivity contribution in [2.75, 3.05) is 0 Å². The van der Waals surface area contributed by atoms with Crippen LogP contribution in [-0.4, -0.2) is 7.32 Å². The summed E-state index contributed by atoms with van der Waals surface area (Å²) in [6, 6.07) is 8.90. The van der Waals surface area contributed by atoms with Gasteiger partial charge in [-0.25, -0.2) is 0 Å². The Hall–Kier alpha value is -0.415. The van der Waals surface area contributed by atoms with Gasteiger partial charge in [-0.05, 0) is 12.1 Å². The molecule has 0 spiro atoms. The Kier molecular flexibility index (Phi) is 4.25. The molecule has 1 aromatic rings. The summed E-state index contributed by atoms with van der Waals surface area (Å²) in [7, 11) is -1.10. The van der Waals surface area contributed by atoms with Gasteiger partial charge < -0.3 is 4.65 Å². The molecule has 3 nitrogen and oxygen atoms in total. The van der Waals surface area contributed by atoms with Gasteiger partial charge in [0, 0.05) is 23.7 Å². The summed E-state index contributed by atoms with van der Waals surface area (Å²) in [5, 5.41) is 0. The van der Waals surface area contributed by atoms with Gasteiger partial charge in [0.05, 0.1) is 0 Å². The fraction of sp³-hybridized carbons (Fsp3) is 0. The van der Waals surface area contributed by atoms with Crippen LogP contribution in [0.4, 0.5) is 0 Å². The topological polar surface area (TPSA) is 27.7 Å². The molecule has 64 valence electrons. The summed E-state index contributed by atoms with van der Waals surface area (Å²) < 4.78 is 13.4. The van der Waals surface area contributed by atoms with Crippen molar-refractivity contribution in [3.8, 4) is 5.75 Å². The van der Waals surface area contributed by atoms with E-state index in [4.69, 9.17) is 28.4 Å². The van der Waals surface area contributed by atoms with Crippen molar-refractivity contribution in [3.63, 3.8) is 0 Å². The second kappa shape index (κ2) is 5.27. The molecule has 1 aromatic carbocycles. The van der Waals surface area contributed by atoms with Crippen molar-refractivity contribution in [3.05, 3.63) is 30.3 Å². The smallest absolute Gasteiger partial charge is 0.510 e. The molecule has 0 unspecified atom stereocenters. The van der Waals surface area contributed by atoms with Crippen molar-refractivity contribution in [1.82, 2.24) is 0 Å². The fourth-order valence-corrected chi connectivity index (χ4v) is 0.843. The predicted molar refractivity (Wildman–Crippen MR) is 46.7 cm³/mol. The third-order valence-electron chi connectivity index (χ3n) is 1.12. The number of hydrogen-bond donors (Lipinski definition) is 0. The van der Waals surface area contributed by atoms with Crippen LogP contribution >= 0.6 is 23.7 Å². The van der Waals surface area contributed by atoms with Crippen molar-refractivity contribution >= 4 is 31.1 Å². The molecule has 6 heteroatoms. The van der Waals surface area contributed by atoms with Crippen LogP contribution in [-0.2, 0) is 8.41 Å². The normalized spacial score (nSPS) is 9.50. The minimum Gasteiger partial charge on any atom is -0.510 e. The molecule has 0 saturated heterocycles. The number of rotatable bonds is 4. The van der Waals surface area contributed by atoms with Crippen LogP contribution < -0.4 is 4.65 Å². The summed E-state index contributed by atoms with van der Waals surface area (Å²) >= 11 is 9.97. The molecule has 0 radical (unpaired) electrons. The van der Waals surface area contributed by atoms with Crippen molar-refractivity contribution in [2.45, 2.75) is 0 Å². The standard InChI is InChI=1S/C6H5BCl2O3/c8-11-7(12-9)10-6-4-2-1-3-5-6/h1-5H. The van der Waals surface area contributed by atoms with E-state index in [9.17, 15) is 0 Å². The Bertz CT molecular complexity index is 217. The van der Waals surface area contributed by atoms with Crippen LogP contribution in [0.1, 0.15) is 0 Å². The molecule has 0 N–H and O–H groups in total. The van der Waals surface area contributed by atoms with Crippen LogP contribution in [0.15, 0.2) is 30.3 Å². The molecule has 1 rings (SSSR count). The lowest BCUT2D eigenvalue weighted by atomic mass is 10.2. The van der Waals surface area contributed by atoms with Crippen LogP contribution in [0.3, 0.4) is 0 Å². The molecule has 12 heavy (non-hydrogen) atoms. The molecule has 0 aromatic heterocycles. The molecular weight excluding hydrogens is 202 g/mol. The first-order chi connectivity index (χ1) is 5.86. The minimum atomic E-state index is -1.10. The van der Waals surface area contributed by atoms with Crippen LogP contribution in [0.25, 0.3) is 0 Å². The minimum absolute atomic E-state index is 0.559. The van der Waals surface area contributed by atoms with E-state index in [1.807, 2.05) is 6.07 Å². The van der Waals surface area contributed by atoms with Gasteiger partial charge in [-0.1, -0.05) is 18.2 Å². The second-order valence-corrected chi connectivity index (χ2v) is 2.25. The number of benzene rings is 1. The van der Waals surface area contributed by atoms with Gasteiger partial charge >= 0.3 is 7.32 Å². The SMILES string of the molecule is ClOB(OCl)Oc1ccccc1. The maximum absolute atomic E-state index is 5.00.